The zero-order valence-electron chi connectivity index (χ0n) is 11.0. The molecule has 0 spiro atoms. The third kappa shape index (κ3) is 7.74. The van der Waals surface area contributed by atoms with Crippen molar-refractivity contribution in [1.29, 1.82) is 0 Å². The lowest BCUT2D eigenvalue weighted by Crippen LogP contribution is -2.39. The van der Waals surface area contributed by atoms with Crippen LogP contribution in [-0.2, 0) is 14.3 Å². The Kier molecular flexibility index (Phi) is 9.43. The molecule has 5 heteroatoms. The SMILES string of the molecule is CCCCC(NCCC(=O)NCC)C(=O)OC. The first-order valence-corrected chi connectivity index (χ1v) is 6.23. The van der Waals surface area contributed by atoms with E-state index >= 15 is 0 Å². The fourth-order valence-electron chi connectivity index (χ4n) is 1.50. The quantitative estimate of drug-likeness (QED) is 0.590. The van der Waals surface area contributed by atoms with Crippen LogP contribution in [0.5, 0.6) is 0 Å². The number of methoxy groups -OCH3 is 1. The predicted octanol–water partition coefficient (Wildman–Crippen LogP) is 0.834. The largest absolute Gasteiger partial charge is 0.468 e. The van der Waals surface area contributed by atoms with Crippen LogP contribution < -0.4 is 10.6 Å². The summed E-state index contributed by atoms with van der Waals surface area (Å²) in [5, 5.41) is 5.77. The Morgan fingerprint density at radius 1 is 1.29 bits per heavy atom. The lowest BCUT2D eigenvalue weighted by molar-refractivity contribution is -0.143. The zero-order chi connectivity index (χ0) is 13.1. The molecule has 0 aromatic rings. The highest BCUT2D eigenvalue weighted by Gasteiger charge is 2.17. The van der Waals surface area contributed by atoms with Gasteiger partial charge in [-0.2, -0.15) is 0 Å². The van der Waals surface area contributed by atoms with Crippen LogP contribution in [0.2, 0.25) is 0 Å². The van der Waals surface area contributed by atoms with Crippen LogP contribution in [0.1, 0.15) is 39.5 Å². The molecule has 1 atom stereocenters. The van der Waals surface area contributed by atoms with Crippen LogP contribution in [0, 0.1) is 0 Å². The molecule has 0 rings (SSSR count). The van der Waals surface area contributed by atoms with Gasteiger partial charge in [-0.15, -0.1) is 0 Å². The van der Waals surface area contributed by atoms with Crippen LogP contribution in [0.15, 0.2) is 0 Å². The summed E-state index contributed by atoms with van der Waals surface area (Å²) >= 11 is 0. The van der Waals surface area contributed by atoms with Gasteiger partial charge in [0.1, 0.15) is 6.04 Å². The van der Waals surface area contributed by atoms with Gasteiger partial charge in [0.25, 0.3) is 0 Å². The van der Waals surface area contributed by atoms with Gasteiger partial charge in [-0.05, 0) is 13.3 Å². The van der Waals surface area contributed by atoms with Crippen LogP contribution in [-0.4, -0.2) is 38.1 Å². The Labute approximate surface area is 103 Å². The highest BCUT2D eigenvalue weighted by molar-refractivity contribution is 5.77. The first-order chi connectivity index (χ1) is 8.15. The summed E-state index contributed by atoms with van der Waals surface area (Å²) in [7, 11) is 1.38. The molecule has 1 unspecified atom stereocenters. The zero-order valence-corrected chi connectivity index (χ0v) is 11.0. The summed E-state index contributed by atoms with van der Waals surface area (Å²) in [4.78, 5) is 22.6. The van der Waals surface area contributed by atoms with E-state index in [0.29, 0.717) is 19.5 Å². The molecule has 17 heavy (non-hydrogen) atoms. The molecule has 100 valence electrons. The molecule has 0 aliphatic carbocycles. The molecular weight excluding hydrogens is 220 g/mol. The van der Waals surface area contributed by atoms with Crippen molar-refractivity contribution in [3.63, 3.8) is 0 Å². The highest BCUT2D eigenvalue weighted by atomic mass is 16.5. The van der Waals surface area contributed by atoms with Crippen molar-refractivity contribution < 1.29 is 14.3 Å². The summed E-state index contributed by atoms with van der Waals surface area (Å²) < 4.78 is 4.71. The lowest BCUT2D eigenvalue weighted by atomic mass is 10.1. The van der Waals surface area contributed by atoms with Crippen molar-refractivity contribution in [2.45, 2.75) is 45.6 Å². The number of esters is 1. The predicted molar refractivity (Wildman–Crippen MR) is 66.6 cm³/mol. The van der Waals surface area contributed by atoms with Gasteiger partial charge in [0, 0.05) is 19.5 Å². The minimum absolute atomic E-state index is 0.000827. The normalized spacial score (nSPS) is 11.9. The van der Waals surface area contributed by atoms with Crippen molar-refractivity contribution in [3.05, 3.63) is 0 Å². The Morgan fingerprint density at radius 2 is 2.00 bits per heavy atom. The number of nitrogens with one attached hydrogen (secondary N) is 2. The molecule has 0 saturated heterocycles. The van der Waals surface area contributed by atoms with E-state index in [1.807, 2.05) is 6.92 Å². The van der Waals surface area contributed by atoms with Crippen LogP contribution in [0.25, 0.3) is 0 Å². The van der Waals surface area contributed by atoms with Gasteiger partial charge in [0.05, 0.1) is 7.11 Å². The molecule has 1 amide bonds. The molecule has 2 N–H and O–H groups in total. The van der Waals surface area contributed by atoms with Gasteiger partial charge in [-0.1, -0.05) is 19.8 Å². The number of ether oxygens (including phenoxy) is 1. The van der Waals surface area contributed by atoms with Crippen LogP contribution >= 0.6 is 0 Å². The molecule has 0 radical (unpaired) electrons. The van der Waals surface area contributed by atoms with Gasteiger partial charge >= 0.3 is 5.97 Å². The number of hydrogen-bond acceptors (Lipinski definition) is 4. The molecule has 0 saturated carbocycles. The number of carbonyl (C=O) groups excluding carboxylic acids is 2. The number of carbonyl (C=O) groups is 2. The van der Waals surface area contributed by atoms with Gasteiger partial charge in [0.15, 0.2) is 0 Å². The summed E-state index contributed by atoms with van der Waals surface area (Å²) in [6.45, 7) is 5.08. The third-order valence-corrected chi connectivity index (χ3v) is 2.45. The van der Waals surface area contributed by atoms with Crippen LogP contribution in [0.4, 0.5) is 0 Å². The van der Waals surface area contributed by atoms with Crippen molar-refractivity contribution in [1.82, 2.24) is 10.6 Å². The van der Waals surface area contributed by atoms with Crippen molar-refractivity contribution >= 4 is 11.9 Å². The Hall–Kier alpha value is -1.10. The van der Waals surface area contributed by atoms with E-state index in [0.717, 1.165) is 19.3 Å². The van der Waals surface area contributed by atoms with Gasteiger partial charge in [-0.25, -0.2) is 0 Å². The maximum Gasteiger partial charge on any atom is 0.322 e. The Bertz CT molecular complexity index is 232. The third-order valence-electron chi connectivity index (χ3n) is 2.45. The topological polar surface area (TPSA) is 67.4 Å². The Balaban J connectivity index is 3.90. The minimum atomic E-state index is -0.297. The summed E-state index contributed by atoms with van der Waals surface area (Å²) in [6, 6.07) is -0.297. The summed E-state index contributed by atoms with van der Waals surface area (Å²) in [5.74, 6) is -0.256. The van der Waals surface area contributed by atoms with E-state index in [1.165, 1.54) is 7.11 Å². The number of rotatable bonds is 9. The summed E-state index contributed by atoms with van der Waals surface area (Å²) in [6.07, 6.45) is 3.13. The molecule has 0 aromatic heterocycles. The summed E-state index contributed by atoms with van der Waals surface area (Å²) in [5.41, 5.74) is 0. The maximum absolute atomic E-state index is 11.4. The highest BCUT2D eigenvalue weighted by Crippen LogP contribution is 2.02. The fraction of sp³-hybridized carbons (Fsp3) is 0.833. The van der Waals surface area contributed by atoms with E-state index in [-0.39, 0.29) is 17.9 Å². The smallest absolute Gasteiger partial charge is 0.322 e. The monoisotopic (exact) mass is 244 g/mol. The van der Waals surface area contributed by atoms with Crippen molar-refractivity contribution in [2.75, 3.05) is 20.2 Å². The number of amides is 1. The first-order valence-electron chi connectivity index (χ1n) is 6.23. The lowest BCUT2D eigenvalue weighted by Gasteiger charge is -2.15. The molecule has 0 bridgehead atoms. The van der Waals surface area contributed by atoms with Crippen molar-refractivity contribution in [2.24, 2.45) is 0 Å². The second kappa shape index (κ2) is 10.1. The molecule has 0 aliphatic heterocycles. The number of unbranched alkanes of at least 4 members (excludes halogenated alkanes) is 1. The maximum atomic E-state index is 11.4. The van der Waals surface area contributed by atoms with E-state index in [1.54, 1.807) is 0 Å². The van der Waals surface area contributed by atoms with E-state index in [2.05, 4.69) is 17.6 Å². The molecule has 0 aliphatic rings. The second-order valence-electron chi connectivity index (χ2n) is 3.88. The average Bonchev–Trinajstić information content (AvgIpc) is 2.32. The fourth-order valence-corrected chi connectivity index (χ4v) is 1.50. The van der Waals surface area contributed by atoms with Gasteiger partial charge in [-0.3, -0.25) is 9.59 Å². The van der Waals surface area contributed by atoms with E-state index in [4.69, 9.17) is 4.74 Å². The molecular formula is C12H24N2O3. The molecule has 0 heterocycles. The minimum Gasteiger partial charge on any atom is -0.468 e. The van der Waals surface area contributed by atoms with E-state index in [9.17, 15) is 9.59 Å². The average molecular weight is 244 g/mol. The molecule has 0 fully saturated rings. The number of hydrogen-bond donors (Lipinski definition) is 2. The second-order valence-corrected chi connectivity index (χ2v) is 3.88. The molecule has 5 nitrogen and oxygen atoms in total. The van der Waals surface area contributed by atoms with Crippen molar-refractivity contribution in [3.8, 4) is 0 Å². The molecule has 0 aromatic carbocycles. The van der Waals surface area contributed by atoms with Gasteiger partial charge in [0.2, 0.25) is 5.91 Å². The van der Waals surface area contributed by atoms with Crippen LogP contribution in [0.3, 0.4) is 0 Å². The first kappa shape index (κ1) is 15.9. The standard InChI is InChI=1S/C12H24N2O3/c1-4-6-7-10(12(16)17-3)14-9-8-11(15)13-5-2/h10,14H,4-9H2,1-3H3,(H,13,15). The Morgan fingerprint density at radius 3 is 2.53 bits per heavy atom. The van der Waals surface area contributed by atoms with Gasteiger partial charge < -0.3 is 15.4 Å². The van der Waals surface area contributed by atoms with E-state index < -0.39 is 0 Å².